The van der Waals surface area contributed by atoms with E-state index in [0.29, 0.717) is 23.2 Å². The van der Waals surface area contributed by atoms with E-state index in [0.717, 1.165) is 25.6 Å². The van der Waals surface area contributed by atoms with Crippen LogP contribution >= 0.6 is 0 Å². The smallest absolute Gasteiger partial charge is 0.159 e. The van der Waals surface area contributed by atoms with Gasteiger partial charge in [0.2, 0.25) is 0 Å². The summed E-state index contributed by atoms with van der Waals surface area (Å²) in [5.74, 6) is 0.210. The van der Waals surface area contributed by atoms with Crippen molar-refractivity contribution in [1.29, 1.82) is 0 Å². The lowest BCUT2D eigenvalue weighted by molar-refractivity contribution is 0.445. The van der Waals surface area contributed by atoms with Crippen LogP contribution in [0.15, 0.2) is 24.5 Å². The van der Waals surface area contributed by atoms with Crippen molar-refractivity contribution in [3.8, 4) is 0 Å². The third-order valence-corrected chi connectivity index (χ3v) is 4.00. The van der Waals surface area contributed by atoms with E-state index in [1.165, 1.54) is 24.9 Å². The number of hydrogen-bond acceptors (Lipinski definition) is 5. The molecule has 1 aliphatic heterocycles. The van der Waals surface area contributed by atoms with Gasteiger partial charge in [0.25, 0.3) is 0 Å². The highest BCUT2D eigenvalue weighted by Gasteiger charge is 2.21. The normalized spacial score (nSPS) is 18.0. The van der Waals surface area contributed by atoms with Gasteiger partial charge in [0, 0.05) is 19.2 Å². The average Bonchev–Trinajstić information content (AvgIpc) is 2.52. The maximum absolute atomic E-state index is 13.8. The molecule has 7 heteroatoms. The molecule has 1 unspecified atom stereocenters. The lowest BCUT2D eigenvalue weighted by Crippen LogP contribution is -2.35. The largest absolute Gasteiger partial charge is 0.393 e. The number of benzene rings is 1. The molecule has 0 spiro atoms. The van der Waals surface area contributed by atoms with Crippen LogP contribution in [0.2, 0.25) is 0 Å². The molecule has 2 heterocycles. The Kier molecular flexibility index (Phi) is 4.27. The monoisotopic (exact) mass is 319 g/mol. The Balaban J connectivity index is 1.87. The van der Waals surface area contributed by atoms with Gasteiger partial charge in [-0.2, -0.15) is 0 Å². The van der Waals surface area contributed by atoms with Crippen LogP contribution in [0.25, 0.3) is 0 Å². The fraction of sp³-hybridized carbons (Fsp3) is 0.375. The second kappa shape index (κ2) is 6.36. The lowest BCUT2D eigenvalue weighted by Gasteiger charge is -2.32. The molecule has 0 bridgehead atoms. The zero-order valence-electron chi connectivity index (χ0n) is 12.9. The summed E-state index contributed by atoms with van der Waals surface area (Å²) < 4.78 is 26.8. The molecule has 0 aliphatic carbocycles. The molecule has 3 rings (SSSR count). The first kappa shape index (κ1) is 15.5. The van der Waals surface area contributed by atoms with Crippen molar-refractivity contribution in [2.45, 2.75) is 19.8 Å². The van der Waals surface area contributed by atoms with Gasteiger partial charge in [-0.3, -0.25) is 0 Å². The van der Waals surface area contributed by atoms with Crippen LogP contribution in [0.3, 0.4) is 0 Å². The van der Waals surface area contributed by atoms with Crippen molar-refractivity contribution in [3.63, 3.8) is 0 Å². The molecule has 3 N–H and O–H groups in total. The zero-order chi connectivity index (χ0) is 16.4. The minimum Gasteiger partial charge on any atom is -0.393 e. The molecule has 0 radical (unpaired) electrons. The summed E-state index contributed by atoms with van der Waals surface area (Å²) in [5.41, 5.74) is 6.65. The Labute approximate surface area is 133 Å². The number of rotatable bonds is 3. The number of nitrogens with one attached hydrogen (secondary N) is 1. The van der Waals surface area contributed by atoms with Gasteiger partial charge in [-0.25, -0.2) is 18.7 Å². The van der Waals surface area contributed by atoms with Gasteiger partial charge in [-0.05, 0) is 30.9 Å². The average molecular weight is 319 g/mol. The van der Waals surface area contributed by atoms with Crippen LogP contribution in [0, 0.1) is 17.6 Å². The summed E-state index contributed by atoms with van der Waals surface area (Å²) in [7, 11) is 0. The van der Waals surface area contributed by atoms with E-state index in [1.807, 2.05) is 0 Å². The van der Waals surface area contributed by atoms with Crippen LogP contribution in [-0.2, 0) is 0 Å². The predicted molar refractivity (Wildman–Crippen MR) is 86.7 cm³/mol. The zero-order valence-corrected chi connectivity index (χ0v) is 12.9. The molecule has 1 fully saturated rings. The number of nitrogens with two attached hydrogens (primary N) is 1. The van der Waals surface area contributed by atoms with E-state index >= 15 is 0 Å². The highest BCUT2D eigenvalue weighted by atomic mass is 19.1. The summed E-state index contributed by atoms with van der Waals surface area (Å²) in [4.78, 5) is 10.5. The molecular formula is C16H19F2N5. The Hall–Kier alpha value is -2.44. The quantitative estimate of drug-likeness (QED) is 0.908. The topological polar surface area (TPSA) is 67.1 Å². The van der Waals surface area contributed by atoms with Crippen molar-refractivity contribution in [2.24, 2.45) is 5.92 Å². The van der Waals surface area contributed by atoms with Crippen LogP contribution in [0.5, 0.6) is 0 Å². The maximum atomic E-state index is 13.8. The van der Waals surface area contributed by atoms with E-state index in [4.69, 9.17) is 5.73 Å². The second-order valence-electron chi connectivity index (χ2n) is 5.90. The molecule has 1 aromatic heterocycles. The van der Waals surface area contributed by atoms with Gasteiger partial charge in [0.05, 0.1) is 5.69 Å². The fourth-order valence-electron chi connectivity index (χ4n) is 2.84. The molecule has 122 valence electrons. The molecule has 0 saturated carbocycles. The van der Waals surface area contributed by atoms with Crippen molar-refractivity contribution in [1.82, 2.24) is 9.97 Å². The number of halogens is 2. The van der Waals surface area contributed by atoms with Gasteiger partial charge >= 0.3 is 0 Å². The van der Waals surface area contributed by atoms with Gasteiger partial charge < -0.3 is 16.0 Å². The highest BCUT2D eigenvalue weighted by molar-refractivity contribution is 5.78. The summed E-state index contributed by atoms with van der Waals surface area (Å²) in [6.07, 6.45) is 3.67. The number of aromatic nitrogens is 2. The Morgan fingerprint density at radius 2 is 2.13 bits per heavy atom. The van der Waals surface area contributed by atoms with E-state index in [9.17, 15) is 8.78 Å². The Morgan fingerprint density at radius 1 is 1.30 bits per heavy atom. The molecule has 1 atom stereocenters. The molecule has 0 amide bonds. The summed E-state index contributed by atoms with van der Waals surface area (Å²) >= 11 is 0. The van der Waals surface area contributed by atoms with E-state index < -0.39 is 11.6 Å². The molecule has 1 aromatic carbocycles. The van der Waals surface area contributed by atoms with E-state index in [-0.39, 0.29) is 5.69 Å². The van der Waals surface area contributed by atoms with Gasteiger partial charge in [-0.15, -0.1) is 0 Å². The van der Waals surface area contributed by atoms with Crippen molar-refractivity contribution < 1.29 is 8.78 Å². The van der Waals surface area contributed by atoms with Crippen LogP contribution in [0.1, 0.15) is 19.8 Å². The van der Waals surface area contributed by atoms with E-state index in [1.54, 1.807) is 0 Å². The summed E-state index contributed by atoms with van der Waals surface area (Å²) in [6.45, 7) is 3.96. The van der Waals surface area contributed by atoms with Gasteiger partial charge in [0.1, 0.15) is 23.6 Å². The van der Waals surface area contributed by atoms with Crippen molar-refractivity contribution >= 4 is 23.0 Å². The van der Waals surface area contributed by atoms with Crippen LogP contribution in [-0.4, -0.2) is 23.1 Å². The first-order valence-electron chi connectivity index (χ1n) is 7.62. The van der Waals surface area contributed by atoms with Gasteiger partial charge in [0.15, 0.2) is 11.6 Å². The Bertz CT molecular complexity index is 707. The number of nitrogen functional groups attached to an aromatic ring is 1. The molecule has 23 heavy (non-hydrogen) atoms. The number of hydrogen-bond donors (Lipinski definition) is 2. The number of anilines is 4. The first-order chi connectivity index (χ1) is 11.0. The lowest BCUT2D eigenvalue weighted by atomic mass is 10.0. The minimum absolute atomic E-state index is 0.120. The third-order valence-electron chi connectivity index (χ3n) is 4.00. The summed E-state index contributed by atoms with van der Waals surface area (Å²) in [5, 5.41) is 2.81. The predicted octanol–water partition coefficient (Wildman–Crippen LogP) is 3.32. The minimum atomic E-state index is -0.698. The third kappa shape index (κ3) is 3.33. The van der Waals surface area contributed by atoms with Crippen LogP contribution in [0.4, 0.5) is 31.8 Å². The van der Waals surface area contributed by atoms with Gasteiger partial charge in [-0.1, -0.05) is 6.92 Å². The molecule has 2 aromatic rings. The standard InChI is InChI=1S/C16H19F2N5/c1-10-3-2-6-23(8-10)16-14(19)15(20-9-21-16)22-13-5-4-11(17)7-12(13)18/h4-5,7,9-10H,2-3,6,8,19H2,1H3,(H,20,21,22). The first-order valence-corrected chi connectivity index (χ1v) is 7.62. The SMILES string of the molecule is CC1CCCN(c2ncnc(Nc3ccc(F)cc3F)c2N)C1. The number of nitrogens with zero attached hydrogens (tertiary/aromatic N) is 3. The van der Waals surface area contributed by atoms with Crippen molar-refractivity contribution in [2.75, 3.05) is 29.0 Å². The molecule has 1 saturated heterocycles. The Morgan fingerprint density at radius 3 is 2.87 bits per heavy atom. The van der Waals surface area contributed by atoms with Crippen LogP contribution < -0.4 is 16.0 Å². The maximum Gasteiger partial charge on any atom is 0.159 e. The fourth-order valence-corrected chi connectivity index (χ4v) is 2.84. The summed E-state index contributed by atoms with van der Waals surface area (Å²) in [6, 6.07) is 3.30. The molecule has 1 aliphatic rings. The van der Waals surface area contributed by atoms with E-state index in [2.05, 4.69) is 27.1 Å². The molecule has 5 nitrogen and oxygen atoms in total. The number of piperidine rings is 1. The second-order valence-corrected chi connectivity index (χ2v) is 5.90. The van der Waals surface area contributed by atoms with Crippen molar-refractivity contribution in [3.05, 3.63) is 36.2 Å². The molecular weight excluding hydrogens is 300 g/mol. The highest BCUT2D eigenvalue weighted by Crippen LogP contribution is 2.31.